The van der Waals surface area contributed by atoms with Gasteiger partial charge in [0.2, 0.25) is 0 Å². The Morgan fingerprint density at radius 2 is 1.62 bits per heavy atom. The zero-order chi connectivity index (χ0) is 16.7. The van der Waals surface area contributed by atoms with Crippen molar-refractivity contribution in [2.45, 2.75) is 18.6 Å². The summed E-state index contributed by atoms with van der Waals surface area (Å²) in [6.07, 6.45) is -3.47. The van der Waals surface area contributed by atoms with Gasteiger partial charge in [-0.05, 0) is 47.4 Å². The van der Waals surface area contributed by atoms with Gasteiger partial charge in [0.15, 0.2) is 11.5 Å². The molecule has 4 rings (SSSR count). The first kappa shape index (κ1) is 15.3. The minimum absolute atomic E-state index is 0.146. The van der Waals surface area contributed by atoms with Crippen LogP contribution in [0.5, 0.6) is 11.5 Å². The molecular formula is C18H16F3NO2. The Bertz CT molecular complexity index is 756. The Morgan fingerprint density at radius 3 is 2.29 bits per heavy atom. The third-order valence-corrected chi connectivity index (χ3v) is 4.43. The number of halogens is 3. The SMILES string of the molecule is FC(F)(F)c1ccc(C2NCCc3cc4c(cc32)OCCO4)cc1. The molecule has 2 aliphatic heterocycles. The predicted octanol–water partition coefficient (Wildman–Crippen LogP) is 3.71. The van der Waals surface area contributed by atoms with Gasteiger partial charge in [-0.1, -0.05) is 12.1 Å². The van der Waals surface area contributed by atoms with Crippen LogP contribution in [-0.4, -0.2) is 19.8 Å². The molecule has 2 heterocycles. The lowest BCUT2D eigenvalue weighted by Gasteiger charge is -2.30. The molecule has 126 valence electrons. The smallest absolute Gasteiger partial charge is 0.416 e. The third kappa shape index (κ3) is 2.71. The Labute approximate surface area is 137 Å². The minimum atomic E-state index is -4.32. The van der Waals surface area contributed by atoms with Crippen LogP contribution in [-0.2, 0) is 12.6 Å². The van der Waals surface area contributed by atoms with Crippen molar-refractivity contribution in [1.82, 2.24) is 5.32 Å². The maximum atomic E-state index is 12.7. The number of hydrogen-bond acceptors (Lipinski definition) is 3. The molecule has 0 saturated heterocycles. The average molecular weight is 335 g/mol. The van der Waals surface area contributed by atoms with Gasteiger partial charge in [-0.15, -0.1) is 0 Å². The van der Waals surface area contributed by atoms with Crippen LogP contribution >= 0.6 is 0 Å². The van der Waals surface area contributed by atoms with E-state index in [-0.39, 0.29) is 6.04 Å². The number of fused-ring (bicyclic) bond motifs is 2. The molecule has 0 aromatic heterocycles. The van der Waals surface area contributed by atoms with Gasteiger partial charge in [0.1, 0.15) is 13.2 Å². The molecule has 6 heteroatoms. The van der Waals surface area contributed by atoms with E-state index >= 15 is 0 Å². The van der Waals surface area contributed by atoms with E-state index in [1.165, 1.54) is 12.1 Å². The molecule has 2 aliphatic rings. The number of nitrogens with one attached hydrogen (secondary N) is 1. The first-order valence-corrected chi connectivity index (χ1v) is 7.85. The highest BCUT2D eigenvalue weighted by Crippen LogP contribution is 2.39. The lowest BCUT2D eigenvalue weighted by Crippen LogP contribution is -2.31. The number of benzene rings is 2. The molecule has 1 N–H and O–H groups in total. The van der Waals surface area contributed by atoms with Crippen molar-refractivity contribution in [3.8, 4) is 11.5 Å². The van der Waals surface area contributed by atoms with Gasteiger partial charge >= 0.3 is 6.18 Å². The second-order valence-corrected chi connectivity index (χ2v) is 5.95. The molecule has 0 fully saturated rings. The van der Waals surface area contributed by atoms with Crippen LogP contribution in [0.25, 0.3) is 0 Å². The zero-order valence-corrected chi connectivity index (χ0v) is 12.8. The number of alkyl halides is 3. The second kappa shape index (κ2) is 5.70. The first-order valence-electron chi connectivity index (χ1n) is 7.85. The zero-order valence-electron chi connectivity index (χ0n) is 12.8. The molecule has 0 bridgehead atoms. The van der Waals surface area contributed by atoms with Crippen LogP contribution in [0.15, 0.2) is 36.4 Å². The van der Waals surface area contributed by atoms with Crippen molar-refractivity contribution in [1.29, 1.82) is 0 Å². The van der Waals surface area contributed by atoms with Crippen LogP contribution in [0.2, 0.25) is 0 Å². The molecule has 2 aromatic rings. The standard InChI is InChI=1S/C18H16F3NO2/c19-18(20,21)13-3-1-11(2-4-13)17-14-10-16-15(23-7-8-24-16)9-12(14)5-6-22-17/h1-4,9-10,17,22H,5-8H2. The molecule has 3 nitrogen and oxygen atoms in total. The minimum Gasteiger partial charge on any atom is -0.486 e. The summed E-state index contributed by atoms with van der Waals surface area (Å²) in [5.74, 6) is 1.44. The fourth-order valence-corrected chi connectivity index (χ4v) is 3.25. The van der Waals surface area contributed by atoms with Crippen LogP contribution in [0.3, 0.4) is 0 Å². The van der Waals surface area contributed by atoms with E-state index in [0.717, 1.165) is 47.5 Å². The summed E-state index contributed by atoms with van der Waals surface area (Å²) in [5.41, 5.74) is 2.35. The van der Waals surface area contributed by atoms with Crippen molar-refractivity contribution in [2.75, 3.05) is 19.8 Å². The topological polar surface area (TPSA) is 30.5 Å². The molecule has 24 heavy (non-hydrogen) atoms. The lowest BCUT2D eigenvalue weighted by molar-refractivity contribution is -0.137. The van der Waals surface area contributed by atoms with E-state index in [1.54, 1.807) is 0 Å². The van der Waals surface area contributed by atoms with Gasteiger partial charge in [-0.2, -0.15) is 13.2 Å². The highest BCUT2D eigenvalue weighted by Gasteiger charge is 2.31. The molecule has 0 spiro atoms. The fraction of sp³-hybridized carbons (Fsp3) is 0.333. The maximum Gasteiger partial charge on any atom is 0.416 e. The maximum absolute atomic E-state index is 12.7. The largest absolute Gasteiger partial charge is 0.486 e. The van der Waals surface area contributed by atoms with Gasteiger partial charge in [-0.25, -0.2) is 0 Å². The molecular weight excluding hydrogens is 319 g/mol. The summed E-state index contributed by atoms with van der Waals surface area (Å²) in [6.45, 7) is 1.80. The van der Waals surface area contributed by atoms with Crippen molar-refractivity contribution in [2.24, 2.45) is 0 Å². The summed E-state index contributed by atoms with van der Waals surface area (Å²) in [7, 11) is 0. The Balaban J connectivity index is 1.71. The molecule has 0 radical (unpaired) electrons. The summed E-state index contributed by atoms with van der Waals surface area (Å²) in [5, 5.41) is 3.38. The van der Waals surface area contributed by atoms with Crippen LogP contribution in [0.4, 0.5) is 13.2 Å². The molecule has 2 aromatic carbocycles. The van der Waals surface area contributed by atoms with E-state index < -0.39 is 11.7 Å². The highest BCUT2D eigenvalue weighted by atomic mass is 19.4. The number of rotatable bonds is 1. The Hall–Kier alpha value is -2.21. The van der Waals surface area contributed by atoms with Gasteiger partial charge in [-0.3, -0.25) is 0 Å². The molecule has 0 amide bonds. The predicted molar refractivity (Wildman–Crippen MR) is 82.4 cm³/mol. The van der Waals surface area contributed by atoms with E-state index in [4.69, 9.17) is 9.47 Å². The quantitative estimate of drug-likeness (QED) is 0.862. The Morgan fingerprint density at radius 1 is 0.958 bits per heavy atom. The summed E-state index contributed by atoms with van der Waals surface area (Å²) in [4.78, 5) is 0. The van der Waals surface area contributed by atoms with E-state index in [2.05, 4.69) is 5.32 Å². The summed E-state index contributed by atoms with van der Waals surface area (Å²) < 4.78 is 49.5. The molecule has 1 atom stereocenters. The molecule has 0 aliphatic carbocycles. The van der Waals surface area contributed by atoms with E-state index in [1.807, 2.05) is 12.1 Å². The number of hydrogen-bond donors (Lipinski definition) is 1. The summed E-state index contributed by atoms with van der Waals surface area (Å²) in [6, 6.07) is 9.11. The normalized spacial score (nSPS) is 19.7. The monoisotopic (exact) mass is 335 g/mol. The van der Waals surface area contributed by atoms with Crippen molar-refractivity contribution < 1.29 is 22.6 Å². The van der Waals surface area contributed by atoms with Crippen LogP contribution in [0.1, 0.15) is 28.3 Å². The van der Waals surface area contributed by atoms with Crippen molar-refractivity contribution in [3.63, 3.8) is 0 Å². The fourth-order valence-electron chi connectivity index (χ4n) is 3.25. The summed E-state index contributed by atoms with van der Waals surface area (Å²) >= 11 is 0. The van der Waals surface area contributed by atoms with Gasteiger partial charge in [0, 0.05) is 6.54 Å². The van der Waals surface area contributed by atoms with Crippen LogP contribution < -0.4 is 14.8 Å². The van der Waals surface area contributed by atoms with Gasteiger partial charge in [0.05, 0.1) is 11.6 Å². The molecule has 0 saturated carbocycles. The Kier molecular flexibility index (Phi) is 3.64. The van der Waals surface area contributed by atoms with Crippen molar-refractivity contribution in [3.05, 3.63) is 58.7 Å². The second-order valence-electron chi connectivity index (χ2n) is 5.95. The average Bonchev–Trinajstić information content (AvgIpc) is 2.59. The third-order valence-electron chi connectivity index (χ3n) is 4.43. The van der Waals surface area contributed by atoms with Crippen LogP contribution in [0, 0.1) is 0 Å². The van der Waals surface area contributed by atoms with Crippen molar-refractivity contribution >= 4 is 0 Å². The highest BCUT2D eigenvalue weighted by molar-refractivity contribution is 5.52. The van der Waals surface area contributed by atoms with Gasteiger partial charge < -0.3 is 14.8 Å². The lowest BCUT2D eigenvalue weighted by atomic mass is 9.89. The molecule has 1 unspecified atom stereocenters. The number of ether oxygens (including phenoxy) is 2. The first-order chi connectivity index (χ1) is 11.5. The van der Waals surface area contributed by atoms with E-state index in [0.29, 0.717) is 19.0 Å². The van der Waals surface area contributed by atoms with Gasteiger partial charge in [0.25, 0.3) is 0 Å². The van der Waals surface area contributed by atoms with E-state index in [9.17, 15) is 13.2 Å².